The Bertz CT molecular complexity index is 456. The van der Waals surface area contributed by atoms with Crippen LogP contribution in [-0.2, 0) is 4.74 Å². The maximum absolute atomic E-state index is 5.86. The minimum absolute atomic E-state index is 0. The molecule has 0 aliphatic rings. The topological polar surface area (TPSA) is 78.1 Å². The van der Waals surface area contributed by atoms with E-state index in [9.17, 15) is 0 Å². The number of ether oxygens (including phenoxy) is 3. The van der Waals surface area contributed by atoms with E-state index in [4.69, 9.17) is 19.9 Å². The summed E-state index contributed by atoms with van der Waals surface area (Å²) in [5, 5.41) is 3.04. The summed E-state index contributed by atoms with van der Waals surface area (Å²) in [6.07, 6.45) is 0. The lowest BCUT2D eigenvalue weighted by atomic mass is 10.2. The summed E-state index contributed by atoms with van der Waals surface area (Å²) in [7, 11) is 0. The van der Waals surface area contributed by atoms with E-state index < -0.39 is 0 Å². The van der Waals surface area contributed by atoms with Crippen molar-refractivity contribution < 1.29 is 14.2 Å². The zero-order valence-corrected chi connectivity index (χ0v) is 15.8. The highest BCUT2D eigenvalue weighted by Gasteiger charge is 2.07. The van der Waals surface area contributed by atoms with Crippen molar-refractivity contribution in [2.75, 3.05) is 38.3 Å². The van der Waals surface area contributed by atoms with Crippen molar-refractivity contribution in [1.29, 1.82) is 0 Å². The van der Waals surface area contributed by atoms with Crippen LogP contribution in [0.5, 0.6) is 11.5 Å². The Morgan fingerprint density at radius 2 is 1.86 bits per heavy atom. The molecule has 1 aromatic carbocycles. The first kappa shape index (κ1) is 20.8. The molecule has 1 rings (SSSR count). The Labute approximate surface area is 149 Å². The molecule has 0 aromatic heterocycles. The Hall–Kier alpha value is -1.22. The first-order valence-corrected chi connectivity index (χ1v) is 7.25. The number of nitrogens with one attached hydrogen (secondary N) is 1. The Morgan fingerprint density at radius 3 is 2.50 bits per heavy atom. The lowest BCUT2D eigenvalue weighted by Gasteiger charge is -2.14. The van der Waals surface area contributed by atoms with Gasteiger partial charge in [-0.2, -0.15) is 0 Å². The summed E-state index contributed by atoms with van der Waals surface area (Å²) in [4.78, 5) is 4.20. The highest BCUT2D eigenvalue weighted by atomic mass is 127. The molecular weight excluding hydrogens is 397 g/mol. The number of hydrogen-bond acceptors (Lipinski definition) is 4. The van der Waals surface area contributed by atoms with Crippen molar-refractivity contribution in [3.63, 3.8) is 0 Å². The molecule has 22 heavy (non-hydrogen) atoms. The van der Waals surface area contributed by atoms with Crippen LogP contribution in [0.2, 0.25) is 0 Å². The van der Waals surface area contributed by atoms with Gasteiger partial charge in [-0.25, -0.2) is 0 Å². The van der Waals surface area contributed by atoms with E-state index in [1.807, 2.05) is 39.0 Å². The quantitative estimate of drug-likeness (QED) is 0.277. The van der Waals surface area contributed by atoms with Crippen LogP contribution < -0.4 is 20.5 Å². The van der Waals surface area contributed by atoms with Gasteiger partial charge in [0.2, 0.25) is 0 Å². The number of aliphatic imine (C=N–C) groups is 1. The average Bonchev–Trinajstić information content (AvgIpc) is 2.47. The molecule has 6 nitrogen and oxygen atoms in total. The zero-order valence-electron chi connectivity index (χ0n) is 13.4. The van der Waals surface area contributed by atoms with Gasteiger partial charge < -0.3 is 25.3 Å². The molecule has 1 aromatic rings. The van der Waals surface area contributed by atoms with Gasteiger partial charge in [0.25, 0.3) is 0 Å². The smallest absolute Gasteiger partial charge is 0.193 e. The van der Waals surface area contributed by atoms with Crippen LogP contribution in [-0.4, -0.2) is 38.9 Å². The molecule has 0 aliphatic heterocycles. The van der Waals surface area contributed by atoms with Crippen LogP contribution >= 0.6 is 24.0 Å². The van der Waals surface area contributed by atoms with Crippen molar-refractivity contribution in [2.24, 2.45) is 10.7 Å². The molecule has 0 saturated carbocycles. The molecule has 0 radical (unpaired) electrons. The summed E-state index contributed by atoms with van der Waals surface area (Å²) in [5.74, 6) is 1.79. The molecule has 7 heteroatoms. The summed E-state index contributed by atoms with van der Waals surface area (Å²) in [6.45, 7) is 8.73. The third-order valence-corrected chi connectivity index (χ3v) is 2.55. The van der Waals surface area contributed by atoms with Crippen molar-refractivity contribution >= 4 is 35.6 Å². The molecule has 0 aliphatic carbocycles. The van der Waals surface area contributed by atoms with Crippen molar-refractivity contribution in [2.45, 2.75) is 20.8 Å². The third kappa shape index (κ3) is 7.69. The number of benzene rings is 1. The second kappa shape index (κ2) is 12.3. The largest absolute Gasteiger partial charge is 0.494 e. The van der Waals surface area contributed by atoms with Crippen LogP contribution in [0, 0.1) is 0 Å². The third-order valence-electron chi connectivity index (χ3n) is 2.55. The van der Waals surface area contributed by atoms with Crippen molar-refractivity contribution in [3.8, 4) is 11.5 Å². The summed E-state index contributed by atoms with van der Waals surface area (Å²) >= 11 is 0. The van der Waals surface area contributed by atoms with Gasteiger partial charge in [-0.3, -0.25) is 4.99 Å². The second-order valence-electron chi connectivity index (χ2n) is 4.11. The number of nitrogens with zero attached hydrogens (tertiary/aromatic N) is 1. The van der Waals surface area contributed by atoms with E-state index >= 15 is 0 Å². The number of rotatable bonds is 9. The van der Waals surface area contributed by atoms with Gasteiger partial charge in [0.05, 0.1) is 32.1 Å². The van der Waals surface area contributed by atoms with Crippen molar-refractivity contribution in [3.05, 3.63) is 18.2 Å². The van der Waals surface area contributed by atoms with E-state index in [1.165, 1.54) is 0 Å². The van der Waals surface area contributed by atoms with Crippen molar-refractivity contribution in [1.82, 2.24) is 0 Å². The van der Waals surface area contributed by atoms with Gasteiger partial charge >= 0.3 is 0 Å². The number of guanidine groups is 1. The van der Waals surface area contributed by atoms with Gasteiger partial charge in [-0.05, 0) is 32.9 Å². The number of hydrogen-bond donors (Lipinski definition) is 2. The van der Waals surface area contributed by atoms with Crippen LogP contribution in [0.3, 0.4) is 0 Å². The van der Waals surface area contributed by atoms with E-state index in [0.717, 1.165) is 11.4 Å². The first-order chi connectivity index (χ1) is 10.2. The highest BCUT2D eigenvalue weighted by molar-refractivity contribution is 14.0. The van der Waals surface area contributed by atoms with Gasteiger partial charge in [-0.15, -0.1) is 24.0 Å². The van der Waals surface area contributed by atoms with Gasteiger partial charge in [0, 0.05) is 12.7 Å². The minimum Gasteiger partial charge on any atom is -0.494 e. The predicted octanol–water partition coefficient (Wildman–Crippen LogP) is 2.87. The van der Waals surface area contributed by atoms with Crippen LogP contribution in [0.4, 0.5) is 5.69 Å². The number of anilines is 1. The molecule has 3 N–H and O–H groups in total. The standard InChI is InChI=1S/C15H25N3O3.HI/c1-4-19-10-9-17-15(16)18-13-11-12(20-5-2)7-8-14(13)21-6-3;/h7-8,11H,4-6,9-10H2,1-3H3,(H3,16,17,18);1H. The molecule has 0 fully saturated rings. The lowest BCUT2D eigenvalue weighted by Crippen LogP contribution is -2.23. The number of halogens is 1. The molecule has 0 saturated heterocycles. The maximum atomic E-state index is 5.86. The summed E-state index contributed by atoms with van der Waals surface area (Å²) < 4.78 is 16.3. The molecule has 0 unspecified atom stereocenters. The van der Waals surface area contributed by atoms with Gasteiger partial charge in [-0.1, -0.05) is 0 Å². The average molecular weight is 423 g/mol. The fourth-order valence-corrected chi connectivity index (χ4v) is 1.70. The molecule has 0 amide bonds. The maximum Gasteiger partial charge on any atom is 0.193 e. The van der Waals surface area contributed by atoms with Gasteiger partial charge in [0.1, 0.15) is 11.5 Å². The predicted molar refractivity (Wildman–Crippen MR) is 101 cm³/mol. The summed E-state index contributed by atoms with van der Waals surface area (Å²) in [6, 6.07) is 5.56. The Kier molecular flexibility index (Phi) is 11.7. The Balaban J connectivity index is 0.00000441. The van der Waals surface area contributed by atoms with Crippen LogP contribution in [0.15, 0.2) is 23.2 Å². The highest BCUT2D eigenvalue weighted by Crippen LogP contribution is 2.29. The zero-order chi connectivity index (χ0) is 15.5. The molecule has 0 bridgehead atoms. The molecule has 0 heterocycles. The Morgan fingerprint density at radius 1 is 1.14 bits per heavy atom. The first-order valence-electron chi connectivity index (χ1n) is 7.25. The fraction of sp³-hybridized carbons (Fsp3) is 0.533. The number of nitrogens with two attached hydrogens (primary N) is 1. The van der Waals surface area contributed by atoms with Gasteiger partial charge in [0.15, 0.2) is 5.96 Å². The fourth-order valence-electron chi connectivity index (χ4n) is 1.70. The second-order valence-corrected chi connectivity index (χ2v) is 4.11. The molecule has 0 spiro atoms. The minimum atomic E-state index is 0. The van der Waals surface area contributed by atoms with E-state index in [0.29, 0.717) is 44.7 Å². The van der Waals surface area contributed by atoms with E-state index in [2.05, 4.69) is 10.3 Å². The van der Waals surface area contributed by atoms with Crippen LogP contribution in [0.1, 0.15) is 20.8 Å². The lowest BCUT2D eigenvalue weighted by molar-refractivity contribution is 0.156. The van der Waals surface area contributed by atoms with E-state index in [1.54, 1.807) is 0 Å². The molecule has 0 atom stereocenters. The summed E-state index contributed by atoms with van der Waals surface area (Å²) in [5.41, 5.74) is 6.60. The van der Waals surface area contributed by atoms with Crippen LogP contribution in [0.25, 0.3) is 0 Å². The SMILES string of the molecule is CCOCCN=C(N)Nc1cc(OCC)ccc1OCC.I. The van der Waals surface area contributed by atoms with E-state index in [-0.39, 0.29) is 24.0 Å². The monoisotopic (exact) mass is 423 g/mol. The molecular formula is C15H26IN3O3. The normalized spacial score (nSPS) is 10.8. The molecule has 126 valence electrons.